The van der Waals surface area contributed by atoms with Crippen molar-refractivity contribution in [2.75, 3.05) is 7.05 Å². The lowest BCUT2D eigenvalue weighted by Crippen LogP contribution is -2.34. The zero-order valence-corrected chi connectivity index (χ0v) is 13.0. The Labute approximate surface area is 134 Å². The van der Waals surface area contributed by atoms with Gasteiger partial charge in [-0.25, -0.2) is 0 Å². The van der Waals surface area contributed by atoms with Gasteiger partial charge < -0.3 is 15.6 Å². The molecule has 7 nitrogen and oxygen atoms in total. The minimum absolute atomic E-state index is 0.181. The lowest BCUT2D eigenvalue weighted by molar-refractivity contribution is 0.0962. The first-order valence-electron chi connectivity index (χ1n) is 7.59. The molecule has 1 aliphatic carbocycles. The fraction of sp³-hybridized carbons (Fsp3) is 0.375. The number of nitrogens with one attached hydrogen (secondary N) is 1. The van der Waals surface area contributed by atoms with Crippen molar-refractivity contribution in [3.05, 3.63) is 41.3 Å². The van der Waals surface area contributed by atoms with Gasteiger partial charge in [-0.05, 0) is 30.5 Å². The Morgan fingerprint density at radius 3 is 2.87 bits per heavy atom. The molecule has 0 aromatic carbocycles. The van der Waals surface area contributed by atoms with Crippen molar-refractivity contribution in [2.24, 2.45) is 5.73 Å². The Kier molecular flexibility index (Phi) is 4.20. The number of hydrogen-bond acceptors (Lipinski definition) is 6. The lowest BCUT2D eigenvalue weighted by Gasteiger charge is -2.17. The number of carbonyl (C=O) groups is 1. The second-order valence-corrected chi connectivity index (χ2v) is 5.74. The minimum atomic E-state index is -0.462. The van der Waals surface area contributed by atoms with Gasteiger partial charge >= 0.3 is 0 Å². The van der Waals surface area contributed by atoms with Crippen molar-refractivity contribution in [1.29, 1.82) is 0 Å². The summed E-state index contributed by atoms with van der Waals surface area (Å²) < 4.78 is 5.24. The van der Waals surface area contributed by atoms with Gasteiger partial charge in [0.25, 0.3) is 11.8 Å². The van der Waals surface area contributed by atoms with Crippen LogP contribution in [0.25, 0.3) is 12.2 Å². The minimum Gasteiger partial charge on any atom is -0.355 e. The zero-order chi connectivity index (χ0) is 16.3. The van der Waals surface area contributed by atoms with Crippen LogP contribution in [0.15, 0.2) is 23.0 Å². The molecular weight excluding hydrogens is 294 g/mol. The monoisotopic (exact) mass is 313 g/mol. The molecule has 1 saturated carbocycles. The Morgan fingerprint density at radius 2 is 2.13 bits per heavy atom. The quantitative estimate of drug-likeness (QED) is 0.890. The number of rotatable bonds is 4. The highest BCUT2D eigenvalue weighted by Crippen LogP contribution is 2.34. The van der Waals surface area contributed by atoms with Crippen LogP contribution in [0.4, 0.5) is 0 Å². The maximum atomic E-state index is 11.6. The van der Waals surface area contributed by atoms with Gasteiger partial charge in [-0.15, -0.1) is 0 Å². The Balaban J connectivity index is 1.76. The Morgan fingerprint density at radius 1 is 1.35 bits per heavy atom. The van der Waals surface area contributed by atoms with Gasteiger partial charge in [0.05, 0.1) is 11.1 Å². The molecule has 0 atom stereocenters. The van der Waals surface area contributed by atoms with Gasteiger partial charge in [0.1, 0.15) is 0 Å². The van der Waals surface area contributed by atoms with Crippen molar-refractivity contribution in [3.63, 3.8) is 0 Å². The molecule has 3 N–H and O–H groups in total. The fourth-order valence-electron chi connectivity index (χ4n) is 2.72. The van der Waals surface area contributed by atoms with Gasteiger partial charge in [-0.2, -0.15) is 4.98 Å². The first kappa shape index (κ1) is 15.4. The molecule has 0 spiro atoms. The van der Waals surface area contributed by atoms with E-state index < -0.39 is 5.54 Å². The molecule has 1 amide bonds. The molecule has 0 unspecified atom stereocenters. The summed E-state index contributed by atoms with van der Waals surface area (Å²) in [5.41, 5.74) is 7.11. The maximum Gasteiger partial charge on any atom is 0.252 e. The van der Waals surface area contributed by atoms with Crippen molar-refractivity contribution in [1.82, 2.24) is 20.4 Å². The molecule has 0 saturated heterocycles. The molecule has 0 aliphatic heterocycles. The van der Waals surface area contributed by atoms with E-state index in [-0.39, 0.29) is 5.91 Å². The van der Waals surface area contributed by atoms with Crippen molar-refractivity contribution < 1.29 is 9.32 Å². The molecule has 3 rings (SSSR count). The van der Waals surface area contributed by atoms with E-state index in [1.165, 1.54) is 6.20 Å². The van der Waals surface area contributed by atoms with E-state index >= 15 is 0 Å². The summed E-state index contributed by atoms with van der Waals surface area (Å²) in [6.07, 6.45) is 10.6. The molecule has 7 heteroatoms. The van der Waals surface area contributed by atoms with E-state index in [4.69, 9.17) is 10.3 Å². The second-order valence-electron chi connectivity index (χ2n) is 5.74. The van der Waals surface area contributed by atoms with Gasteiger partial charge in [-0.1, -0.05) is 18.0 Å². The maximum absolute atomic E-state index is 11.6. The van der Waals surface area contributed by atoms with E-state index in [0.29, 0.717) is 17.3 Å². The third-order valence-corrected chi connectivity index (χ3v) is 4.05. The fourth-order valence-corrected chi connectivity index (χ4v) is 2.72. The lowest BCUT2D eigenvalue weighted by atomic mass is 9.99. The summed E-state index contributed by atoms with van der Waals surface area (Å²) in [7, 11) is 1.58. The van der Waals surface area contributed by atoms with E-state index in [9.17, 15) is 4.79 Å². The number of amides is 1. The molecule has 120 valence electrons. The molecular formula is C16H19N5O2. The molecule has 2 aromatic rings. The Hall–Kier alpha value is -2.54. The highest BCUT2D eigenvalue weighted by Gasteiger charge is 2.35. The molecule has 0 bridgehead atoms. The summed E-state index contributed by atoms with van der Waals surface area (Å²) in [5.74, 6) is 0.771. The summed E-state index contributed by atoms with van der Waals surface area (Å²) in [6.45, 7) is 0. The van der Waals surface area contributed by atoms with Crippen LogP contribution in [-0.2, 0) is 5.54 Å². The zero-order valence-electron chi connectivity index (χ0n) is 13.0. The third-order valence-electron chi connectivity index (χ3n) is 4.05. The van der Waals surface area contributed by atoms with Crippen LogP contribution < -0.4 is 11.1 Å². The molecule has 1 aliphatic rings. The third kappa shape index (κ3) is 3.29. The van der Waals surface area contributed by atoms with Gasteiger partial charge in [0, 0.05) is 25.5 Å². The number of carbonyl (C=O) groups excluding carboxylic acids is 1. The summed E-state index contributed by atoms with van der Waals surface area (Å²) in [4.78, 5) is 20.0. The highest BCUT2D eigenvalue weighted by atomic mass is 16.5. The van der Waals surface area contributed by atoms with E-state index in [2.05, 4.69) is 20.4 Å². The first-order valence-corrected chi connectivity index (χ1v) is 7.59. The largest absolute Gasteiger partial charge is 0.355 e. The van der Waals surface area contributed by atoms with Crippen LogP contribution in [0.5, 0.6) is 0 Å². The summed E-state index contributed by atoms with van der Waals surface area (Å²) >= 11 is 0. The summed E-state index contributed by atoms with van der Waals surface area (Å²) in [5, 5.41) is 6.56. The van der Waals surface area contributed by atoms with E-state index in [1.54, 1.807) is 31.5 Å². The number of hydrogen-bond donors (Lipinski definition) is 2. The molecule has 2 aromatic heterocycles. The van der Waals surface area contributed by atoms with Crippen molar-refractivity contribution >= 4 is 18.1 Å². The average molecular weight is 313 g/mol. The second kappa shape index (κ2) is 6.29. The topological polar surface area (TPSA) is 107 Å². The number of nitrogens with two attached hydrogens (primary N) is 1. The van der Waals surface area contributed by atoms with Gasteiger partial charge in [-0.3, -0.25) is 9.78 Å². The average Bonchev–Trinajstić information content (AvgIpc) is 3.22. The predicted molar refractivity (Wildman–Crippen MR) is 85.2 cm³/mol. The summed E-state index contributed by atoms with van der Waals surface area (Å²) in [6, 6.07) is 1.74. The van der Waals surface area contributed by atoms with Gasteiger partial charge in [0.15, 0.2) is 5.82 Å². The number of aromatic nitrogens is 3. The SMILES string of the molecule is CNC(=O)c1cncc(/C=C/c2nc(C3(N)CCCC3)no2)c1. The molecule has 23 heavy (non-hydrogen) atoms. The van der Waals surface area contributed by atoms with Crippen LogP contribution in [-0.4, -0.2) is 28.1 Å². The van der Waals surface area contributed by atoms with Crippen molar-refractivity contribution in [3.8, 4) is 0 Å². The standard InChI is InChI=1S/C16H19N5O2/c1-18-14(22)12-8-11(9-19-10-12)4-5-13-20-15(21-23-13)16(17)6-2-3-7-16/h4-5,8-10H,2-3,6-7,17H2,1H3,(H,18,22)/b5-4+. The van der Waals surface area contributed by atoms with Crippen LogP contribution in [0.3, 0.4) is 0 Å². The van der Waals surface area contributed by atoms with E-state index in [1.807, 2.05) is 0 Å². The van der Waals surface area contributed by atoms with Crippen LogP contribution in [0.1, 0.15) is 53.3 Å². The van der Waals surface area contributed by atoms with Gasteiger partial charge in [0.2, 0.25) is 0 Å². The molecule has 2 heterocycles. The van der Waals surface area contributed by atoms with Crippen molar-refractivity contribution in [2.45, 2.75) is 31.2 Å². The van der Waals surface area contributed by atoms with Crippen LogP contribution in [0.2, 0.25) is 0 Å². The van der Waals surface area contributed by atoms with Crippen LogP contribution in [0, 0.1) is 0 Å². The first-order chi connectivity index (χ1) is 11.1. The molecule has 0 radical (unpaired) electrons. The Bertz CT molecular complexity index is 732. The van der Waals surface area contributed by atoms with Crippen LogP contribution >= 0.6 is 0 Å². The predicted octanol–water partition coefficient (Wildman–Crippen LogP) is 1.72. The smallest absolute Gasteiger partial charge is 0.252 e. The number of pyridine rings is 1. The number of nitrogens with zero attached hydrogens (tertiary/aromatic N) is 3. The highest BCUT2D eigenvalue weighted by molar-refractivity contribution is 5.94. The van der Waals surface area contributed by atoms with E-state index in [0.717, 1.165) is 31.2 Å². The molecule has 1 fully saturated rings. The normalized spacial score (nSPS) is 16.8.